The van der Waals surface area contributed by atoms with Gasteiger partial charge < -0.3 is 5.11 Å². The molecular weight excluding hydrogens is 272 g/mol. The molecule has 0 radical (unpaired) electrons. The van der Waals surface area contributed by atoms with Crippen LogP contribution in [-0.4, -0.2) is 41.3 Å². The molecule has 0 aromatic rings. The molecule has 0 amide bonds. The fourth-order valence-corrected chi connectivity index (χ4v) is 3.41. The number of nitrogens with zero attached hydrogens (tertiary/aromatic N) is 2. The van der Waals surface area contributed by atoms with Gasteiger partial charge in [-0.3, -0.25) is 4.48 Å². The van der Waals surface area contributed by atoms with Crippen molar-refractivity contribution in [3.05, 3.63) is 12.2 Å². The average molecular weight is 310 g/mol. The van der Waals surface area contributed by atoms with Gasteiger partial charge in [0.15, 0.2) is 12.4 Å². The Labute approximate surface area is 137 Å². The number of aliphatic hydroxyl groups excluding tert-OH is 1. The van der Waals surface area contributed by atoms with Gasteiger partial charge in [0.1, 0.15) is 6.54 Å². The predicted octanol–water partition coefficient (Wildman–Crippen LogP) is 4.66. The topological polar surface area (TPSA) is 32.6 Å². The highest BCUT2D eigenvalue weighted by Crippen LogP contribution is 2.25. The smallest absolute Gasteiger partial charge is 0.189 e. The fourth-order valence-electron chi connectivity index (χ4n) is 3.41. The normalized spacial score (nSPS) is 26.1. The Hall–Kier alpha value is -0.670. The Morgan fingerprint density at radius 3 is 2.45 bits per heavy atom. The lowest BCUT2D eigenvalue weighted by atomic mass is 10.1. The second-order valence-electron chi connectivity index (χ2n) is 6.66. The molecule has 3 unspecified atom stereocenters. The van der Waals surface area contributed by atoms with Crippen LogP contribution in [0, 0.1) is 0 Å². The molecule has 1 N–H and O–H groups in total. The standard InChI is InChI=1S/C19H37N2O/c1-4-6-7-8-9-10-11-12-13-14-15-19-20-16-17-21(19,5-2)18(3)22/h13-14,16,18-19,22H,4-12,15,17H2,1-3H3/q+1/b14-13+. The molecular formula is C19H37N2O+. The van der Waals surface area contributed by atoms with Crippen LogP contribution in [0.25, 0.3) is 0 Å². The third-order valence-corrected chi connectivity index (χ3v) is 5.11. The molecule has 3 atom stereocenters. The molecule has 0 spiro atoms. The highest BCUT2D eigenvalue weighted by atomic mass is 16.3. The van der Waals surface area contributed by atoms with E-state index in [-0.39, 0.29) is 12.4 Å². The molecule has 0 aromatic carbocycles. The van der Waals surface area contributed by atoms with E-state index in [1.165, 1.54) is 51.4 Å². The van der Waals surface area contributed by atoms with Crippen LogP contribution in [0.2, 0.25) is 0 Å². The number of aliphatic imine (C=N–C) groups is 1. The third-order valence-electron chi connectivity index (χ3n) is 5.11. The summed E-state index contributed by atoms with van der Waals surface area (Å²) in [4.78, 5) is 4.59. The van der Waals surface area contributed by atoms with Crippen LogP contribution in [0.3, 0.4) is 0 Å². The van der Waals surface area contributed by atoms with Crippen LogP contribution < -0.4 is 0 Å². The molecule has 22 heavy (non-hydrogen) atoms. The number of aliphatic hydroxyl groups is 1. The molecule has 1 aliphatic rings. The van der Waals surface area contributed by atoms with Crippen LogP contribution in [-0.2, 0) is 0 Å². The lowest BCUT2D eigenvalue weighted by Gasteiger charge is -2.39. The zero-order valence-corrected chi connectivity index (χ0v) is 15.0. The van der Waals surface area contributed by atoms with Crippen LogP contribution in [0.5, 0.6) is 0 Å². The summed E-state index contributed by atoms with van der Waals surface area (Å²) in [6, 6.07) is 0. The van der Waals surface area contributed by atoms with Gasteiger partial charge in [0.25, 0.3) is 0 Å². The van der Waals surface area contributed by atoms with Gasteiger partial charge in [-0.2, -0.15) is 0 Å². The second-order valence-corrected chi connectivity index (χ2v) is 6.66. The molecule has 1 rings (SSSR count). The summed E-state index contributed by atoms with van der Waals surface area (Å²) in [5, 5.41) is 10.1. The first-order valence-electron chi connectivity index (χ1n) is 9.38. The van der Waals surface area contributed by atoms with Gasteiger partial charge in [0.05, 0.1) is 12.8 Å². The largest absolute Gasteiger partial charge is 0.345 e. The summed E-state index contributed by atoms with van der Waals surface area (Å²) in [5.74, 6) is 0. The van der Waals surface area contributed by atoms with Gasteiger partial charge in [0, 0.05) is 13.3 Å². The first kappa shape index (κ1) is 19.4. The van der Waals surface area contributed by atoms with E-state index in [9.17, 15) is 5.11 Å². The summed E-state index contributed by atoms with van der Waals surface area (Å²) in [6.07, 6.45) is 18.2. The molecule has 0 saturated heterocycles. The Kier molecular flexibility index (Phi) is 9.65. The maximum atomic E-state index is 10.1. The van der Waals surface area contributed by atoms with E-state index >= 15 is 0 Å². The van der Waals surface area contributed by atoms with Crippen molar-refractivity contribution in [1.29, 1.82) is 0 Å². The average Bonchev–Trinajstić information content (AvgIpc) is 2.93. The Morgan fingerprint density at radius 1 is 1.14 bits per heavy atom. The summed E-state index contributed by atoms with van der Waals surface area (Å²) >= 11 is 0. The summed E-state index contributed by atoms with van der Waals surface area (Å²) in [7, 11) is 0. The van der Waals surface area contributed by atoms with Crippen LogP contribution in [0.4, 0.5) is 0 Å². The van der Waals surface area contributed by atoms with Crippen LogP contribution in [0.1, 0.15) is 78.6 Å². The molecule has 0 fully saturated rings. The molecule has 128 valence electrons. The first-order valence-corrected chi connectivity index (χ1v) is 9.38. The maximum Gasteiger partial charge on any atom is 0.189 e. The molecule has 1 heterocycles. The van der Waals surface area contributed by atoms with Gasteiger partial charge in [-0.05, 0) is 19.8 Å². The SMILES string of the molecule is CCCCCCCCC/C=C/CC1N=CC[N+]1(CC)C(C)O. The molecule has 3 heteroatoms. The second kappa shape index (κ2) is 11.0. The minimum Gasteiger partial charge on any atom is -0.345 e. The number of hydrogen-bond acceptors (Lipinski definition) is 2. The van der Waals surface area contributed by atoms with Crippen molar-refractivity contribution < 1.29 is 9.59 Å². The maximum absolute atomic E-state index is 10.1. The van der Waals surface area contributed by atoms with Gasteiger partial charge in [-0.25, -0.2) is 4.99 Å². The minimum absolute atomic E-state index is 0.204. The highest BCUT2D eigenvalue weighted by molar-refractivity contribution is 5.60. The number of hydrogen-bond donors (Lipinski definition) is 1. The van der Waals surface area contributed by atoms with Crippen LogP contribution in [0.15, 0.2) is 17.1 Å². The third kappa shape index (κ3) is 5.85. The van der Waals surface area contributed by atoms with Gasteiger partial charge in [-0.15, -0.1) is 0 Å². The molecule has 0 aromatic heterocycles. The van der Waals surface area contributed by atoms with Crippen molar-refractivity contribution in [1.82, 2.24) is 0 Å². The summed E-state index contributed by atoms with van der Waals surface area (Å²) in [5.41, 5.74) is 0. The Bertz CT molecular complexity index is 338. The van der Waals surface area contributed by atoms with Crippen molar-refractivity contribution in [2.75, 3.05) is 13.1 Å². The first-order chi connectivity index (χ1) is 10.7. The molecule has 0 saturated carbocycles. The van der Waals surface area contributed by atoms with Crippen molar-refractivity contribution in [3.63, 3.8) is 0 Å². The van der Waals surface area contributed by atoms with E-state index in [0.29, 0.717) is 4.48 Å². The van der Waals surface area contributed by atoms with E-state index in [0.717, 1.165) is 19.5 Å². The van der Waals surface area contributed by atoms with Crippen molar-refractivity contribution in [2.45, 2.75) is 91.0 Å². The van der Waals surface area contributed by atoms with Crippen molar-refractivity contribution in [2.24, 2.45) is 4.99 Å². The van der Waals surface area contributed by atoms with Crippen molar-refractivity contribution in [3.8, 4) is 0 Å². The quantitative estimate of drug-likeness (QED) is 0.317. The number of unbranched alkanes of at least 4 members (excludes halogenated alkanes) is 7. The number of allylic oxidation sites excluding steroid dienone is 1. The number of quaternary nitrogens is 1. The van der Waals surface area contributed by atoms with Gasteiger partial charge in [-0.1, -0.05) is 57.6 Å². The van der Waals surface area contributed by atoms with E-state index in [1.807, 2.05) is 13.1 Å². The van der Waals surface area contributed by atoms with Gasteiger partial charge in [0.2, 0.25) is 0 Å². The lowest BCUT2D eigenvalue weighted by Crippen LogP contribution is -2.57. The molecule has 1 aliphatic heterocycles. The Morgan fingerprint density at radius 2 is 1.82 bits per heavy atom. The van der Waals surface area contributed by atoms with E-state index < -0.39 is 0 Å². The van der Waals surface area contributed by atoms with Gasteiger partial charge >= 0.3 is 0 Å². The van der Waals surface area contributed by atoms with E-state index in [2.05, 4.69) is 31.0 Å². The summed E-state index contributed by atoms with van der Waals surface area (Å²) in [6.45, 7) is 8.12. The highest BCUT2D eigenvalue weighted by Gasteiger charge is 2.41. The lowest BCUT2D eigenvalue weighted by molar-refractivity contribution is -0.976. The minimum atomic E-state index is -0.339. The molecule has 0 aliphatic carbocycles. The van der Waals surface area contributed by atoms with E-state index in [4.69, 9.17) is 0 Å². The zero-order chi connectivity index (χ0) is 16.3. The predicted molar refractivity (Wildman–Crippen MR) is 96.0 cm³/mol. The van der Waals surface area contributed by atoms with Crippen molar-refractivity contribution >= 4 is 6.21 Å². The Balaban J connectivity index is 2.16. The fraction of sp³-hybridized carbons (Fsp3) is 0.842. The van der Waals surface area contributed by atoms with E-state index in [1.54, 1.807) is 0 Å². The molecule has 0 bridgehead atoms. The van der Waals surface area contributed by atoms with Crippen LogP contribution >= 0.6 is 0 Å². The number of rotatable bonds is 12. The summed E-state index contributed by atoms with van der Waals surface area (Å²) < 4.78 is 0.696. The monoisotopic (exact) mass is 309 g/mol. The molecule has 3 nitrogen and oxygen atoms in total. The zero-order valence-electron chi connectivity index (χ0n) is 15.0.